The molecule has 5 heteroatoms. The minimum Gasteiger partial charge on any atom is -0.444 e. The number of nitrogens with one attached hydrogen (secondary N) is 2. The van der Waals surface area contributed by atoms with E-state index >= 15 is 0 Å². The third-order valence-corrected chi connectivity index (χ3v) is 3.83. The second kappa shape index (κ2) is 6.76. The molecule has 0 spiro atoms. The van der Waals surface area contributed by atoms with Crippen LogP contribution in [-0.4, -0.2) is 43.0 Å². The van der Waals surface area contributed by atoms with Crippen molar-refractivity contribution < 1.29 is 14.3 Å². The highest BCUT2D eigenvalue weighted by Crippen LogP contribution is 2.22. The van der Waals surface area contributed by atoms with E-state index in [1.807, 2.05) is 20.8 Å². The summed E-state index contributed by atoms with van der Waals surface area (Å²) in [6.07, 6.45) is 5.32. The number of carbonyl (C=O) groups is 1. The van der Waals surface area contributed by atoms with E-state index in [4.69, 9.17) is 9.47 Å². The van der Waals surface area contributed by atoms with Gasteiger partial charge < -0.3 is 20.1 Å². The standard InChI is InChI=1S/C15H28N2O3/c1-15(2,3)20-14(18)17-11-7-9-19-13(10-11)12-6-4-5-8-16-12/h11-13,16H,4-10H2,1-3H3,(H,17,18)/t11-,12+,13+/m1/s1. The molecule has 3 atom stereocenters. The van der Waals surface area contributed by atoms with Gasteiger partial charge >= 0.3 is 6.09 Å². The number of amides is 1. The van der Waals surface area contributed by atoms with Gasteiger partial charge in [-0.3, -0.25) is 0 Å². The summed E-state index contributed by atoms with van der Waals surface area (Å²) in [6.45, 7) is 7.43. The van der Waals surface area contributed by atoms with Gasteiger partial charge in [-0.1, -0.05) is 6.42 Å². The first-order valence-electron chi connectivity index (χ1n) is 7.78. The molecule has 0 radical (unpaired) electrons. The molecule has 2 heterocycles. The smallest absolute Gasteiger partial charge is 0.407 e. The summed E-state index contributed by atoms with van der Waals surface area (Å²) in [7, 11) is 0. The van der Waals surface area contributed by atoms with Crippen molar-refractivity contribution in [3.05, 3.63) is 0 Å². The van der Waals surface area contributed by atoms with Gasteiger partial charge in [0.1, 0.15) is 5.60 Å². The molecular weight excluding hydrogens is 256 g/mol. The lowest BCUT2D eigenvalue weighted by molar-refractivity contribution is -0.0269. The third kappa shape index (κ3) is 4.94. The maximum Gasteiger partial charge on any atom is 0.407 e. The summed E-state index contributed by atoms with van der Waals surface area (Å²) in [5, 5.41) is 6.51. The van der Waals surface area contributed by atoms with Crippen molar-refractivity contribution in [2.75, 3.05) is 13.2 Å². The van der Waals surface area contributed by atoms with Crippen LogP contribution in [-0.2, 0) is 9.47 Å². The first kappa shape index (κ1) is 15.6. The highest BCUT2D eigenvalue weighted by atomic mass is 16.6. The Kier molecular flexibility index (Phi) is 5.27. The molecule has 0 unspecified atom stereocenters. The second-order valence-electron chi connectivity index (χ2n) is 6.83. The summed E-state index contributed by atoms with van der Waals surface area (Å²) in [5.74, 6) is 0. The average molecular weight is 284 g/mol. The number of rotatable bonds is 2. The molecule has 0 saturated carbocycles. The minimum atomic E-state index is -0.445. The van der Waals surface area contributed by atoms with Crippen LogP contribution in [0.1, 0.15) is 52.9 Å². The summed E-state index contributed by atoms with van der Waals surface area (Å²) < 4.78 is 11.2. The lowest BCUT2D eigenvalue weighted by Gasteiger charge is -2.37. The zero-order valence-electron chi connectivity index (χ0n) is 12.9. The van der Waals surface area contributed by atoms with Gasteiger partial charge in [-0.2, -0.15) is 0 Å². The maximum absolute atomic E-state index is 11.8. The van der Waals surface area contributed by atoms with Crippen LogP contribution in [0.25, 0.3) is 0 Å². The largest absolute Gasteiger partial charge is 0.444 e. The molecule has 2 fully saturated rings. The van der Waals surface area contributed by atoms with E-state index in [0.29, 0.717) is 12.6 Å². The number of alkyl carbamates (subject to hydrolysis) is 1. The van der Waals surface area contributed by atoms with Gasteiger partial charge in [0.05, 0.1) is 6.10 Å². The third-order valence-electron chi connectivity index (χ3n) is 3.83. The summed E-state index contributed by atoms with van der Waals surface area (Å²) >= 11 is 0. The molecule has 0 bridgehead atoms. The normalized spacial score (nSPS) is 31.6. The van der Waals surface area contributed by atoms with Crippen molar-refractivity contribution in [3.63, 3.8) is 0 Å². The monoisotopic (exact) mass is 284 g/mol. The summed E-state index contributed by atoms with van der Waals surface area (Å²) in [4.78, 5) is 11.8. The predicted molar refractivity (Wildman–Crippen MR) is 77.8 cm³/mol. The van der Waals surface area contributed by atoms with Crippen molar-refractivity contribution in [3.8, 4) is 0 Å². The molecule has 2 rings (SSSR count). The highest BCUT2D eigenvalue weighted by Gasteiger charge is 2.31. The molecule has 0 aromatic heterocycles. The van der Waals surface area contributed by atoms with Crippen molar-refractivity contribution in [2.24, 2.45) is 0 Å². The number of piperidine rings is 1. The fraction of sp³-hybridized carbons (Fsp3) is 0.933. The van der Waals surface area contributed by atoms with Crippen LogP contribution in [0.15, 0.2) is 0 Å². The molecule has 2 N–H and O–H groups in total. The van der Waals surface area contributed by atoms with E-state index in [0.717, 1.165) is 19.4 Å². The van der Waals surface area contributed by atoms with Crippen LogP contribution >= 0.6 is 0 Å². The van der Waals surface area contributed by atoms with E-state index < -0.39 is 5.60 Å². The fourth-order valence-corrected chi connectivity index (χ4v) is 2.91. The van der Waals surface area contributed by atoms with Gasteiger partial charge in [-0.25, -0.2) is 4.79 Å². The first-order valence-corrected chi connectivity index (χ1v) is 7.78. The van der Waals surface area contributed by atoms with E-state index in [2.05, 4.69) is 10.6 Å². The van der Waals surface area contributed by atoms with Crippen molar-refractivity contribution in [1.29, 1.82) is 0 Å². The predicted octanol–water partition coefficient (Wildman–Crippen LogP) is 2.20. The SMILES string of the molecule is CC(C)(C)OC(=O)N[C@@H]1CCO[C@H]([C@@H]2CCCCN2)C1. The van der Waals surface area contributed by atoms with E-state index in [-0.39, 0.29) is 18.2 Å². The summed E-state index contributed by atoms with van der Waals surface area (Å²) in [6, 6.07) is 0.597. The molecule has 2 saturated heterocycles. The quantitative estimate of drug-likeness (QED) is 0.816. The van der Waals surface area contributed by atoms with Gasteiger partial charge in [0.2, 0.25) is 0 Å². The molecule has 20 heavy (non-hydrogen) atoms. The average Bonchev–Trinajstić information content (AvgIpc) is 2.38. The molecule has 0 aromatic rings. The molecule has 2 aliphatic rings. The zero-order valence-corrected chi connectivity index (χ0v) is 12.9. The molecule has 1 amide bonds. The number of ether oxygens (including phenoxy) is 2. The van der Waals surface area contributed by atoms with Crippen molar-refractivity contribution in [2.45, 2.75) is 76.7 Å². The minimum absolute atomic E-state index is 0.160. The number of carbonyl (C=O) groups excluding carboxylic acids is 1. The Balaban J connectivity index is 1.79. The topological polar surface area (TPSA) is 59.6 Å². The Morgan fingerprint density at radius 1 is 1.30 bits per heavy atom. The fourth-order valence-electron chi connectivity index (χ4n) is 2.91. The van der Waals surface area contributed by atoms with Gasteiger partial charge in [-0.15, -0.1) is 0 Å². The van der Waals surface area contributed by atoms with Gasteiger partial charge in [-0.05, 0) is 53.0 Å². The lowest BCUT2D eigenvalue weighted by atomic mass is 9.92. The van der Waals surface area contributed by atoms with Crippen LogP contribution < -0.4 is 10.6 Å². The van der Waals surface area contributed by atoms with Gasteiger partial charge in [0.25, 0.3) is 0 Å². The van der Waals surface area contributed by atoms with Crippen LogP contribution in [0.5, 0.6) is 0 Å². The van der Waals surface area contributed by atoms with Crippen molar-refractivity contribution >= 4 is 6.09 Å². The highest BCUT2D eigenvalue weighted by molar-refractivity contribution is 5.68. The molecule has 0 aliphatic carbocycles. The first-order chi connectivity index (χ1) is 9.44. The van der Waals surface area contributed by atoms with Crippen molar-refractivity contribution in [1.82, 2.24) is 10.6 Å². The Hall–Kier alpha value is -0.810. The van der Waals surface area contributed by atoms with Crippen LogP contribution in [0.4, 0.5) is 4.79 Å². The Morgan fingerprint density at radius 3 is 2.75 bits per heavy atom. The lowest BCUT2D eigenvalue weighted by Crippen LogP contribution is -2.51. The number of hydrogen-bond acceptors (Lipinski definition) is 4. The van der Waals surface area contributed by atoms with Crippen LogP contribution in [0.3, 0.4) is 0 Å². The molecular formula is C15H28N2O3. The molecule has 0 aromatic carbocycles. The molecule has 5 nitrogen and oxygen atoms in total. The Bertz CT molecular complexity index is 322. The second-order valence-corrected chi connectivity index (χ2v) is 6.83. The zero-order chi connectivity index (χ0) is 14.6. The van der Waals surface area contributed by atoms with E-state index in [1.54, 1.807) is 0 Å². The maximum atomic E-state index is 11.8. The molecule has 2 aliphatic heterocycles. The van der Waals surface area contributed by atoms with E-state index in [1.165, 1.54) is 19.3 Å². The van der Waals surface area contributed by atoms with Gasteiger partial charge in [0.15, 0.2) is 0 Å². The Morgan fingerprint density at radius 2 is 2.10 bits per heavy atom. The number of hydrogen-bond donors (Lipinski definition) is 2. The van der Waals surface area contributed by atoms with Gasteiger partial charge in [0, 0.05) is 18.7 Å². The summed E-state index contributed by atoms with van der Waals surface area (Å²) in [5.41, 5.74) is -0.445. The van der Waals surface area contributed by atoms with Crippen LogP contribution in [0, 0.1) is 0 Å². The van der Waals surface area contributed by atoms with E-state index in [9.17, 15) is 4.79 Å². The van der Waals surface area contributed by atoms with Crippen LogP contribution in [0.2, 0.25) is 0 Å². The molecule has 116 valence electrons. The Labute approximate surface area is 121 Å².